The zero-order valence-electron chi connectivity index (χ0n) is 8.07. The summed E-state index contributed by atoms with van der Waals surface area (Å²) in [7, 11) is 3.85. The molecule has 0 spiro atoms. The van der Waals surface area contributed by atoms with E-state index in [1.54, 1.807) is 6.07 Å². The van der Waals surface area contributed by atoms with Gasteiger partial charge < -0.3 is 15.7 Å². The summed E-state index contributed by atoms with van der Waals surface area (Å²) in [5.74, 6) is 0. The van der Waals surface area contributed by atoms with Gasteiger partial charge in [-0.1, -0.05) is 12.1 Å². The molecule has 0 saturated carbocycles. The van der Waals surface area contributed by atoms with Gasteiger partial charge in [0.05, 0.1) is 6.10 Å². The molecule has 0 aliphatic heterocycles. The first-order valence-corrected chi connectivity index (χ1v) is 4.28. The third kappa shape index (κ3) is 3.05. The number of anilines is 1. The lowest BCUT2D eigenvalue weighted by atomic mass is 10.1. The summed E-state index contributed by atoms with van der Waals surface area (Å²) in [6, 6.07) is 7.34. The number of aliphatic hydroxyl groups is 1. The number of rotatable bonds is 3. The molecule has 72 valence electrons. The van der Waals surface area contributed by atoms with Crippen LogP contribution in [0.5, 0.6) is 0 Å². The quantitative estimate of drug-likeness (QED) is 0.678. The van der Waals surface area contributed by atoms with Crippen molar-refractivity contribution in [3.63, 3.8) is 0 Å². The highest BCUT2D eigenvalue weighted by Gasteiger charge is 2.07. The predicted molar refractivity (Wildman–Crippen MR) is 54.4 cm³/mol. The molecule has 0 bridgehead atoms. The van der Waals surface area contributed by atoms with Crippen molar-refractivity contribution in [3.8, 4) is 0 Å². The van der Waals surface area contributed by atoms with E-state index >= 15 is 0 Å². The summed E-state index contributed by atoms with van der Waals surface area (Å²) in [4.78, 5) is 1.94. The minimum Gasteiger partial charge on any atom is -0.399 e. The van der Waals surface area contributed by atoms with Crippen LogP contribution in [0.25, 0.3) is 0 Å². The van der Waals surface area contributed by atoms with Crippen LogP contribution >= 0.6 is 0 Å². The highest BCUT2D eigenvalue weighted by Crippen LogP contribution is 2.15. The number of hydrogen-bond donors (Lipinski definition) is 2. The van der Waals surface area contributed by atoms with Crippen molar-refractivity contribution in [1.29, 1.82) is 0 Å². The summed E-state index contributed by atoms with van der Waals surface area (Å²) in [5.41, 5.74) is 7.16. The number of aliphatic hydroxyl groups excluding tert-OH is 1. The molecular weight excluding hydrogens is 164 g/mol. The second-order valence-electron chi connectivity index (χ2n) is 3.45. The van der Waals surface area contributed by atoms with Crippen molar-refractivity contribution in [2.75, 3.05) is 26.4 Å². The van der Waals surface area contributed by atoms with Crippen LogP contribution in [0.2, 0.25) is 0 Å². The van der Waals surface area contributed by atoms with Gasteiger partial charge in [-0.3, -0.25) is 0 Å². The Hall–Kier alpha value is -1.06. The van der Waals surface area contributed by atoms with Gasteiger partial charge >= 0.3 is 0 Å². The maximum Gasteiger partial charge on any atom is 0.0917 e. The molecule has 0 aromatic heterocycles. The SMILES string of the molecule is CN(C)CC(O)c1cccc(N)c1. The summed E-state index contributed by atoms with van der Waals surface area (Å²) < 4.78 is 0. The molecule has 3 heteroatoms. The van der Waals surface area contributed by atoms with Crippen LogP contribution in [0, 0.1) is 0 Å². The molecule has 1 rings (SSSR count). The van der Waals surface area contributed by atoms with Gasteiger partial charge in [0, 0.05) is 12.2 Å². The molecule has 0 saturated heterocycles. The Morgan fingerprint density at radius 2 is 2.15 bits per heavy atom. The minimum absolute atomic E-state index is 0.460. The first kappa shape index (κ1) is 10.0. The third-order valence-corrected chi connectivity index (χ3v) is 1.83. The summed E-state index contributed by atoms with van der Waals surface area (Å²) in [5, 5.41) is 9.72. The van der Waals surface area contributed by atoms with E-state index in [2.05, 4.69) is 0 Å². The van der Waals surface area contributed by atoms with Crippen LogP contribution in [-0.4, -0.2) is 30.6 Å². The van der Waals surface area contributed by atoms with Crippen molar-refractivity contribution < 1.29 is 5.11 Å². The van der Waals surface area contributed by atoms with Gasteiger partial charge in [-0.15, -0.1) is 0 Å². The van der Waals surface area contributed by atoms with Crippen molar-refractivity contribution in [1.82, 2.24) is 4.90 Å². The maximum absolute atomic E-state index is 9.72. The summed E-state index contributed by atoms with van der Waals surface area (Å²) >= 11 is 0. The second-order valence-corrected chi connectivity index (χ2v) is 3.45. The molecule has 0 fully saturated rings. The normalized spacial score (nSPS) is 13.2. The predicted octanol–water partition coefficient (Wildman–Crippen LogP) is 0.864. The van der Waals surface area contributed by atoms with Gasteiger partial charge in [-0.25, -0.2) is 0 Å². The van der Waals surface area contributed by atoms with E-state index in [-0.39, 0.29) is 0 Å². The molecule has 1 aromatic rings. The van der Waals surface area contributed by atoms with Gasteiger partial charge in [-0.05, 0) is 31.8 Å². The van der Waals surface area contributed by atoms with Crippen LogP contribution < -0.4 is 5.73 Å². The Morgan fingerprint density at radius 1 is 1.46 bits per heavy atom. The molecule has 3 nitrogen and oxygen atoms in total. The lowest BCUT2D eigenvalue weighted by molar-refractivity contribution is 0.138. The number of likely N-dealkylation sites (N-methyl/N-ethyl adjacent to an activating group) is 1. The van der Waals surface area contributed by atoms with Crippen LogP contribution in [0.1, 0.15) is 11.7 Å². The topological polar surface area (TPSA) is 49.5 Å². The second kappa shape index (κ2) is 4.25. The lowest BCUT2D eigenvalue weighted by Crippen LogP contribution is -2.20. The molecule has 13 heavy (non-hydrogen) atoms. The van der Waals surface area contributed by atoms with Crippen molar-refractivity contribution in [2.24, 2.45) is 0 Å². The first-order valence-electron chi connectivity index (χ1n) is 4.28. The number of nitrogens with two attached hydrogens (primary N) is 1. The van der Waals surface area contributed by atoms with Gasteiger partial charge in [0.1, 0.15) is 0 Å². The van der Waals surface area contributed by atoms with Crippen LogP contribution in [-0.2, 0) is 0 Å². The number of hydrogen-bond acceptors (Lipinski definition) is 3. The third-order valence-electron chi connectivity index (χ3n) is 1.83. The largest absolute Gasteiger partial charge is 0.399 e. The van der Waals surface area contributed by atoms with Gasteiger partial charge in [0.25, 0.3) is 0 Å². The molecule has 0 aliphatic rings. The zero-order chi connectivity index (χ0) is 9.84. The molecule has 0 radical (unpaired) electrons. The minimum atomic E-state index is -0.460. The molecule has 3 N–H and O–H groups in total. The van der Waals surface area contributed by atoms with E-state index < -0.39 is 6.10 Å². The summed E-state index contributed by atoms with van der Waals surface area (Å²) in [6.07, 6.45) is -0.460. The fraction of sp³-hybridized carbons (Fsp3) is 0.400. The summed E-state index contributed by atoms with van der Waals surface area (Å²) in [6.45, 7) is 0.615. The fourth-order valence-corrected chi connectivity index (χ4v) is 1.22. The van der Waals surface area contributed by atoms with E-state index in [1.807, 2.05) is 37.2 Å². The Bertz CT molecular complexity index is 273. The van der Waals surface area contributed by atoms with Crippen LogP contribution in [0.3, 0.4) is 0 Å². The Balaban J connectivity index is 2.71. The van der Waals surface area contributed by atoms with E-state index in [4.69, 9.17) is 5.73 Å². The molecule has 0 aliphatic carbocycles. The first-order chi connectivity index (χ1) is 6.09. The Kier molecular flexibility index (Phi) is 3.28. The number of nitrogens with zero attached hydrogens (tertiary/aromatic N) is 1. The number of benzene rings is 1. The highest BCUT2D eigenvalue weighted by atomic mass is 16.3. The van der Waals surface area contributed by atoms with Crippen LogP contribution in [0.4, 0.5) is 5.69 Å². The Labute approximate surface area is 78.8 Å². The van der Waals surface area contributed by atoms with Crippen molar-refractivity contribution >= 4 is 5.69 Å². The van der Waals surface area contributed by atoms with Crippen molar-refractivity contribution in [3.05, 3.63) is 29.8 Å². The van der Waals surface area contributed by atoms with Crippen LogP contribution in [0.15, 0.2) is 24.3 Å². The van der Waals surface area contributed by atoms with Crippen molar-refractivity contribution in [2.45, 2.75) is 6.10 Å². The Morgan fingerprint density at radius 3 is 2.69 bits per heavy atom. The molecule has 1 unspecified atom stereocenters. The van der Waals surface area contributed by atoms with Gasteiger partial charge in [0.2, 0.25) is 0 Å². The zero-order valence-corrected chi connectivity index (χ0v) is 8.07. The van der Waals surface area contributed by atoms with Gasteiger partial charge in [-0.2, -0.15) is 0 Å². The van der Waals surface area contributed by atoms with Gasteiger partial charge in [0.15, 0.2) is 0 Å². The van der Waals surface area contributed by atoms with E-state index in [0.29, 0.717) is 12.2 Å². The van der Waals surface area contributed by atoms with E-state index in [1.165, 1.54) is 0 Å². The monoisotopic (exact) mass is 180 g/mol. The smallest absolute Gasteiger partial charge is 0.0917 e. The number of nitrogen functional groups attached to an aromatic ring is 1. The van der Waals surface area contributed by atoms with E-state index in [9.17, 15) is 5.11 Å². The van der Waals surface area contributed by atoms with E-state index in [0.717, 1.165) is 5.56 Å². The highest BCUT2D eigenvalue weighted by molar-refractivity contribution is 5.41. The average molecular weight is 180 g/mol. The molecular formula is C10H16N2O. The molecule has 0 amide bonds. The average Bonchev–Trinajstić information content (AvgIpc) is 2.03. The molecule has 0 heterocycles. The molecule has 1 aromatic carbocycles. The molecule has 1 atom stereocenters. The maximum atomic E-state index is 9.72. The fourth-order valence-electron chi connectivity index (χ4n) is 1.22. The standard InChI is InChI=1S/C10H16N2O/c1-12(2)7-10(13)8-4-3-5-9(11)6-8/h3-6,10,13H,7,11H2,1-2H3. The lowest BCUT2D eigenvalue weighted by Gasteiger charge is -2.16.